The van der Waals surface area contributed by atoms with Crippen molar-refractivity contribution in [3.63, 3.8) is 0 Å². The highest BCUT2D eigenvalue weighted by Crippen LogP contribution is 2.44. The molecule has 3 heterocycles. The number of fused-ring (bicyclic) bond motifs is 4. The van der Waals surface area contributed by atoms with Gasteiger partial charge in [0.05, 0.1) is 72.1 Å². The standard InChI is InChI=1S/C35H46N6O7S/c1-44-24-8-6-7-23(19-24)37-34-26-17-22-18-28(45-2)29(46-3)20-25(22)32(26)40-41(34)12-14-48-16-15-47-13-11-36-31(42)10-5-4-9-30-33-27(21-49-30)38-35(43)39-33/h6-8,17-20,27,30,33,37,40H,4-5,9-16,21H2,1-3H3,(H,36,42)(H2,38,39,43). The normalized spacial score (nSPS) is 18.3. The first-order valence-corrected chi connectivity index (χ1v) is 17.8. The minimum Gasteiger partial charge on any atom is -0.497 e. The number of carbonyl (C=O) groups is 2. The van der Waals surface area contributed by atoms with Gasteiger partial charge in [0.1, 0.15) is 11.6 Å². The zero-order valence-corrected chi connectivity index (χ0v) is 29.1. The summed E-state index contributed by atoms with van der Waals surface area (Å²) in [5.74, 6) is 4.01. The maximum atomic E-state index is 12.2. The first-order valence-electron chi connectivity index (χ1n) is 16.8. The quantitative estimate of drug-likeness (QED) is 0.0695. The lowest BCUT2D eigenvalue weighted by molar-refractivity contribution is -0.121. The van der Waals surface area contributed by atoms with E-state index in [4.69, 9.17) is 23.7 Å². The van der Waals surface area contributed by atoms with Crippen LogP contribution in [0.5, 0.6) is 17.2 Å². The second kappa shape index (κ2) is 16.4. The molecule has 3 unspecified atom stereocenters. The Morgan fingerprint density at radius 1 is 0.959 bits per heavy atom. The molecule has 3 aliphatic heterocycles. The number of nitrogens with zero attached hydrogens (tertiary/aromatic N) is 1. The number of urea groups is 1. The Labute approximate surface area is 290 Å². The van der Waals surface area contributed by atoms with Gasteiger partial charge in [-0.2, -0.15) is 11.8 Å². The van der Waals surface area contributed by atoms with E-state index >= 15 is 0 Å². The Hall–Kier alpha value is -4.27. The van der Waals surface area contributed by atoms with Crippen LogP contribution in [0.15, 0.2) is 42.5 Å². The topological polar surface area (TPSA) is 149 Å². The van der Waals surface area contributed by atoms with Gasteiger partial charge in [-0.3, -0.25) is 14.6 Å². The fourth-order valence-corrected chi connectivity index (χ4v) is 8.03. The Kier molecular flexibility index (Phi) is 11.6. The highest BCUT2D eigenvalue weighted by molar-refractivity contribution is 8.00. The number of methoxy groups -OCH3 is 3. The van der Waals surface area contributed by atoms with Crippen molar-refractivity contribution >= 4 is 46.0 Å². The number of H-pyrrole nitrogens is 1. The summed E-state index contributed by atoms with van der Waals surface area (Å²) in [5, 5.41) is 18.5. The number of aromatic nitrogens is 2. The van der Waals surface area contributed by atoms with Gasteiger partial charge in [-0.25, -0.2) is 4.79 Å². The van der Waals surface area contributed by atoms with Crippen molar-refractivity contribution in [1.82, 2.24) is 25.7 Å². The number of nitrogens with one attached hydrogen (secondary N) is 5. The van der Waals surface area contributed by atoms with Gasteiger partial charge in [0, 0.05) is 46.7 Å². The Balaban J connectivity index is 0.924. The number of rotatable bonds is 19. The average Bonchev–Trinajstić information content (AvgIpc) is 3.85. The summed E-state index contributed by atoms with van der Waals surface area (Å²) >= 11 is 1.90. The maximum Gasteiger partial charge on any atom is 0.315 e. The van der Waals surface area contributed by atoms with Crippen molar-refractivity contribution in [1.29, 1.82) is 0 Å². The molecule has 0 radical (unpaired) electrons. The van der Waals surface area contributed by atoms with Crippen molar-refractivity contribution < 1.29 is 33.3 Å². The monoisotopic (exact) mass is 694 g/mol. The van der Waals surface area contributed by atoms with Gasteiger partial charge < -0.3 is 45.0 Å². The number of anilines is 2. The molecular weight excluding hydrogens is 648 g/mol. The minimum atomic E-state index is -0.0610. The number of unbranched alkanes of at least 4 members (excludes halogenated alkanes) is 1. The molecule has 13 nitrogen and oxygen atoms in total. The molecule has 49 heavy (non-hydrogen) atoms. The van der Waals surface area contributed by atoms with Crippen molar-refractivity contribution in [3.8, 4) is 28.5 Å². The van der Waals surface area contributed by atoms with Gasteiger partial charge in [0.25, 0.3) is 0 Å². The molecule has 14 heteroatoms. The molecule has 6 rings (SSSR count). The molecule has 264 valence electrons. The maximum absolute atomic E-state index is 12.2. The molecule has 0 bridgehead atoms. The van der Waals surface area contributed by atoms with Gasteiger partial charge in [0.15, 0.2) is 11.5 Å². The molecule has 2 saturated heterocycles. The molecule has 5 N–H and O–H groups in total. The van der Waals surface area contributed by atoms with Crippen LogP contribution in [0.2, 0.25) is 0 Å². The first-order chi connectivity index (χ1) is 24.0. The van der Waals surface area contributed by atoms with Crippen LogP contribution in [-0.2, 0) is 20.8 Å². The first kappa shape index (κ1) is 34.6. The number of carbonyl (C=O) groups excluding carboxylic acids is 2. The smallest absolute Gasteiger partial charge is 0.315 e. The Morgan fingerprint density at radius 2 is 1.78 bits per heavy atom. The molecule has 4 aliphatic rings. The zero-order chi connectivity index (χ0) is 34.2. The molecule has 2 fully saturated rings. The van der Waals surface area contributed by atoms with Crippen LogP contribution >= 0.6 is 11.8 Å². The van der Waals surface area contributed by atoms with E-state index in [-0.39, 0.29) is 24.0 Å². The molecule has 3 amide bonds. The van der Waals surface area contributed by atoms with E-state index in [9.17, 15) is 9.59 Å². The fourth-order valence-electron chi connectivity index (χ4n) is 6.49. The number of aromatic amines is 1. The highest BCUT2D eigenvalue weighted by Gasteiger charge is 2.42. The molecule has 0 saturated carbocycles. The molecule has 0 spiro atoms. The summed E-state index contributed by atoms with van der Waals surface area (Å²) in [6, 6.07) is 14.3. The number of amides is 3. The minimum absolute atomic E-state index is 0.0401. The molecule has 1 aliphatic carbocycles. The molecule has 2 aromatic rings. The summed E-state index contributed by atoms with van der Waals surface area (Å²) < 4.78 is 30.2. The molecule has 3 atom stereocenters. The van der Waals surface area contributed by atoms with Gasteiger partial charge in [0.2, 0.25) is 5.91 Å². The van der Waals surface area contributed by atoms with Crippen LogP contribution in [0.25, 0.3) is 22.0 Å². The average molecular weight is 695 g/mol. The van der Waals surface area contributed by atoms with Crippen LogP contribution in [0, 0.1) is 0 Å². The second-order valence-electron chi connectivity index (χ2n) is 12.1. The largest absolute Gasteiger partial charge is 0.497 e. The lowest BCUT2D eigenvalue weighted by Crippen LogP contribution is -2.36. The number of hydrogen-bond donors (Lipinski definition) is 5. The van der Waals surface area contributed by atoms with E-state index < -0.39 is 0 Å². The van der Waals surface area contributed by atoms with Crippen molar-refractivity contribution in [2.45, 2.75) is 49.6 Å². The summed E-state index contributed by atoms with van der Waals surface area (Å²) in [4.78, 5) is 23.8. The van der Waals surface area contributed by atoms with Crippen LogP contribution in [0.4, 0.5) is 16.3 Å². The third-order valence-electron chi connectivity index (χ3n) is 8.98. The van der Waals surface area contributed by atoms with E-state index in [0.717, 1.165) is 64.3 Å². The number of benzene rings is 2. The van der Waals surface area contributed by atoms with Crippen LogP contribution in [0.1, 0.15) is 25.7 Å². The summed E-state index contributed by atoms with van der Waals surface area (Å²) in [6.45, 7) is 2.83. The van der Waals surface area contributed by atoms with Crippen molar-refractivity contribution in [2.24, 2.45) is 0 Å². The summed E-state index contributed by atoms with van der Waals surface area (Å²) in [7, 11) is 4.93. The van der Waals surface area contributed by atoms with Gasteiger partial charge in [-0.15, -0.1) is 0 Å². The SMILES string of the molecule is COc1cccc(Nc2c3cc4cc(OC)c(OC)cc4c-3[nH]n2CCOCCOCCNC(=O)CCCCC2SCC3NC(=O)NC32)c1. The third-order valence-corrected chi connectivity index (χ3v) is 10.5. The van der Waals surface area contributed by atoms with E-state index in [1.807, 2.05) is 52.8 Å². The Bertz CT molecular complexity index is 1690. The van der Waals surface area contributed by atoms with Crippen molar-refractivity contribution in [2.75, 3.05) is 65.4 Å². The number of thioether (sulfide) groups is 1. The van der Waals surface area contributed by atoms with E-state index in [2.05, 4.69) is 32.4 Å². The number of hydrogen-bond acceptors (Lipinski definition) is 9. The predicted molar refractivity (Wildman–Crippen MR) is 191 cm³/mol. The number of ether oxygens (including phenoxy) is 5. The Morgan fingerprint density at radius 3 is 2.59 bits per heavy atom. The van der Waals surface area contributed by atoms with Crippen LogP contribution < -0.4 is 35.5 Å². The second-order valence-corrected chi connectivity index (χ2v) is 13.4. The summed E-state index contributed by atoms with van der Waals surface area (Å²) in [5.41, 5.74) is 2.91. The van der Waals surface area contributed by atoms with Crippen LogP contribution in [0.3, 0.4) is 0 Å². The lowest BCUT2D eigenvalue weighted by atomic mass is 10.0. The molecular formula is C35H46N6O7S. The molecule has 2 aromatic carbocycles. The van der Waals surface area contributed by atoms with Gasteiger partial charge in [-0.1, -0.05) is 12.5 Å². The van der Waals surface area contributed by atoms with Crippen molar-refractivity contribution in [3.05, 3.63) is 42.5 Å². The van der Waals surface area contributed by atoms with E-state index in [1.165, 1.54) is 0 Å². The summed E-state index contributed by atoms with van der Waals surface area (Å²) in [6.07, 6.45) is 3.31. The zero-order valence-electron chi connectivity index (χ0n) is 28.3. The predicted octanol–water partition coefficient (Wildman–Crippen LogP) is 4.72. The van der Waals surface area contributed by atoms with Gasteiger partial charge in [-0.05, 0) is 48.6 Å². The highest BCUT2D eigenvalue weighted by atomic mass is 32.2. The van der Waals surface area contributed by atoms with Crippen LogP contribution in [-0.4, -0.2) is 99.1 Å². The lowest BCUT2D eigenvalue weighted by Gasteiger charge is -2.16. The van der Waals surface area contributed by atoms with E-state index in [1.54, 1.807) is 21.3 Å². The van der Waals surface area contributed by atoms with Gasteiger partial charge >= 0.3 is 6.03 Å². The molecule has 0 aromatic heterocycles. The third kappa shape index (κ3) is 8.31. The van der Waals surface area contributed by atoms with E-state index in [0.29, 0.717) is 62.7 Å². The fraction of sp³-hybridized carbons (Fsp3) is 0.486.